The Morgan fingerprint density at radius 2 is 1.79 bits per heavy atom. The summed E-state index contributed by atoms with van der Waals surface area (Å²) in [6.45, 7) is -0.308. The quantitative estimate of drug-likeness (QED) is 0.617. The van der Waals surface area contributed by atoms with Gasteiger partial charge in [0.15, 0.2) is 6.61 Å². The van der Waals surface area contributed by atoms with Gasteiger partial charge in [-0.15, -0.1) is 0 Å². The first kappa shape index (κ1) is 18.5. The summed E-state index contributed by atoms with van der Waals surface area (Å²) in [6.07, 6.45) is 1.94. The molecular formula is C21H18N4O4. The third-order valence-electron chi connectivity index (χ3n) is 4.58. The van der Waals surface area contributed by atoms with E-state index in [-0.39, 0.29) is 12.1 Å². The topological polar surface area (TPSA) is 93.9 Å². The molecule has 1 aromatic heterocycles. The molecule has 8 heteroatoms. The zero-order valence-corrected chi connectivity index (χ0v) is 15.5. The Kier molecular flexibility index (Phi) is 5.15. The van der Waals surface area contributed by atoms with Gasteiger partial charge in [0, 0.05) is 6.42 Å². The highest BCUT2D eigenvalue weighted by atomic mass is 16.5. The van der Waals surface area contributed by atoms with Crippen LogP contribution in [-0.4, -0.2) is 45.3 Å². The Labute approximate surface area is 166 Å². The van der Waals surface area contributed by atoms with Crippen molar-refractivity contribution in [3.63, 3.8) is 0 Å². The van der Waals surface area contributed by atoms with Crippen LogP contribution >= 0.6 is 0 Å². The first-order chi connectivity index (χ1) is 14.1. The van der Waals surface area contributed by atoms with Crippen LogP contribution in [0.4, 0.5) is 0 Å². The highest BCUT2D eigenvalue weighted by Gasteiger charge is 2.22. The lowest BCUT2D eigenvalue weighted by molar-refractivity contribution is -0.152. The maximum absolute atomic E-state index is 12.4. The minimum atomic E-state index is -0.691. The summed E-state index contributed by atoms with van der Waals surface area (Å²) in [7, 11) is 0. The van der Waals surface area contributed by atoms with Crippen molar-refractivity contribution in [1.82, 2.24) is 14.6 Å². The standard InChI is InChI=1S/C21H18N4O4/c26-19(25-11-10-17(23-25)15-6-2-1-3-7-15)13-29-20(27)12-24-14-22-18-9-5-4-8-16(18)21(24)28/h1-9,14H,10-13H2. The number of fused-ring (bicyclic) bond motifs is 1. The number of hydrogen-bond donors (Lipinski definition) is 0. The summed E-state index contributed by atoms with van der Waals surface area (Å²) in [5.41, 5.74) is 2.00. The Bertz CT molecular complexity index is 1150. The zero-order valence-electron chi connectivity index (χ0n) is 15.5. The van der Waals surface area contributed by atoms with Crippen molar-refractivity contribution in [2.75, 3.05) is 13.2 Å². The molecule has 0 unspecified atom stereocenters. The van der Waals surface area contributed by atoms with Gasteiger partial charge in [0.2, 0.25) is 0 Å². The van der Waals surface area contributed by atoms with E-state index in [0.29, 0.717) is 23.9 Å². The number of hydrazone groups is 1. The van der Waals surface area contributed by atoms with E-state index in [1.165, 1.54) is 11.3 Å². The molecular weight excluding hydrogens is 372 g/mol. The number of benzene rings is 2. The zero-order chi connectivity index (χ0) is 20.2. The number of carbonyl (C=O) groups excluding carboxylic acids is 2. The molecule has 4 rings (SSSR count). The summed E-state index contributed by atoms with van der Waals surface area (Å²) in [6, 6.07) is 16.5. The fourth-order valence-corrected chi connectivity index (χ4v) is 3.09. The average molecular weight is 390 g/mol. The summed E-state index contributed by atoms with van der Waals surface area (Å²) >= 11 is 0. The number of amides is 1. The van der Waals surface area contributed by atoms with Crippen molar-refractivity contribution in [3.8, 4) is 0 Å². The van der Waals surface area contributed by atoms with Gasteiger partial charge in [-0.3, -0.25) is 19.0 Å². The minimum absolute atomic E-state index is 0.317. The number of aromatic nitrogens is 2. The lowest BCUT2D eigenvalue weighted by Gasteiger charge is -2.12. The highest BCUT2D eigenvalue weighted by molar-refractivity contribution is 6.02. The van der Waals surface area contributed by atoms with Crippen LogP contribution in [0.2, 0.25) is 0 Å². The summed E-state index contributed by atoms with van der Waals surface area (Å²) in [5.74, 6) is -1.10. The number of hydrogen-bond acceptors (Lipinski definition) is 6. The summed E-state index contributed by atoms with van der Waals surface area (Å²) < 4.78 is 6.20. The lowest BCUT2D eigenvalue weighted by Crippen LogP contribution is -2.31. The van der Waals surface area contributed by atoms with Crippen LogP contribution in [0, 0.1) is 0 Å². The smallest absolute Gasteiger partial charge is 0.326 e. The Hall–Kier alpha value is -3.81. The minimum Gasteiger partial charge on any atom is -0.454 e. The van der Waals surface area contributed by atoms with E-state index in [1.807, 2.05) is 30.3 Å². The van der Waals surface area contributed by atoms with Crippen LogP contribution in [0.15, 0.2) is 70.8 Å². The van der Waals surface area contributed by atoms with Gasteiger partial charge in [0.25, 0.3) is 11.5 Å². The first-order valence-electron chi connectivity index (χ1n) is 9.15. The van der Waals surface area contributed by atoms with E-state index in [0.717, 1.165) is 15.8 Å². The van der Waals surface area contributed by atoms with E-state index in [9.17, 15) is 14.4 Å². The van der Waals surface area contributed by atoms with Gasteiger partial charge in [-0.2, -0.15) is 5.10 Å². The molecule has 2 heterocycles. The van der Waals surface area contributed by atoms with Crippen LogP contribution in [0.1, 0.15) is 12.0 Å². The molecule has 3 aromatic rings. The average Bonchev–Trinajstić information content (AvgIpc) is 3.25. The number of rotatable bonds is 5. The van der Waals surface area contributed by atoms with Gasteiger partial charge in [-0.1, -0.05) is 42.5 Å². The third kappa shape index (κ3) is 4.06. The van der Waals surface area contributed by atoms with Gasteiger partial charge in [0.1, 0.15) is 6.54 Å². The molecule has 0 atom stereocenters. The van der Waals surface area contributed by atoms with Crippen molar-refractivity contribution in [2.24, 2.45) is 5.10 Å². The number of ether oxygens (including phenoxy) is 1. The lowest BCUT2D eigenvalue weighted by atomic mass is 10.1. The van der Waals surface area contributed by atoms with Gasteiger partial charge in [-0.05, 0) is 17.7 Å². The largest absolute Gasteiger partial charge is 0.454 e. The van der Waals surface area contributed by atoms with Gasteiger partial charge >= 0.3 is 5.97 Å². The fourth-order valence-electron chi connectivity index (χ4n) is 3.09. The van der Waals surface area contributed by atoms with Crippen molar-refractivity contribution < 1.29 is 14.3 Å². The van der Waals surface area contributed by atoms with E-state index in [4.69, 9.17) is 4.74 Å². The van der Waals surface area contributed by atoms with Crippen LogP contribution < -0.4 is 5.56 Å². The number of nitrogens with zero attached hydrogens (tertiary/aromatic N) is 4. The van der Waals surface area contributed by atoms with E-state index in [1.54, 1.807) is 24.3 Å². The second-order valence-corrected chi connectivity index (χ2v) is 6.54. The molecule has 0 aliphatic carbocycles. The maximum Gasteiger partial charge on any atom is 0.326 e. The Balaban J connectivity index is 1.35. The normalized spacial score (nSPS) is 13.4. The molecule has 146 valence electrons. The van der Waals surface area contributed by atoms with Crippen LogP contribution in [-0.2, 0) is 20.9 Å². The molecule has 2 aromatic carbocycles. The molecule has 8 nitrogen and oxygen atoms in total. The Morgan fingerprint density at radius 3 is 2.62 bits per heavy atom. The number of para-hydroxylation sites is 1. The van der Waals surface area contributed by atoms with Gasteiger partial charge in [-0.25, -0.2) is 9.99 Å². The predicted molar refractivity (Wildman–Crippen MR) is 106 cm³/mol. The fraction of sp³-hybridized carbons (Fsp3) is 0.190. The predicted octanol–water partition coefficient (Wildman–Crippen LogP) is 1.58. The molecule has 1 aliphatic heterocycles. The van der Waals surface area contributed by atoms with E-state index >= 15 is 0 Å². The van der Waals surface area contributed by atoms with E-state index in [2.05, 4.69) is 10.1 Å². The van der Waals surface area contributed by atoms with Gasteiger partial charge < -0.3 is 4.74 Å². The second-order valence-electron chi connectivity index (χ2n) is 6.54. The van der Waals surface area contributed by atoms with Crippen molar-refractivity contribution in [1.29, 1.82) is 0 Å². The molecule has 0 radical (unpaired) electrons. The van der Waals surface area contributed by atoms with Crippen LogP contribution in [0.3, 0.4) is 0 Å². The number of carbonyl (C=O) groups is 2. The summed E-state index contributed by atoms with van der Waals surface area (Å²) in [4.78, 5) is 40.9. The van der Waals surface area contributed by atoms with Crippen LogP contribution in [0.5, 0.6) is 0 Å². The molecule has 0 spiro atoms. The monoisotopic (exact) mass is 390 g/mol. The molecule has 1 amide bonds. The summed E-state index contributed by atoms with van der Waals surface area (Å²) in [5, 5.41) is 6.03. The van der Waals surface area contributed by atoms with E-state index < -0.39 is 18.5 Å². The molecule has 1 aliphatic rings. The first-order valence-corrected chi connectivity index (χ1v) is 9.15. The van der Waals surface area contributed by atoms with Crippen molar-refractivity contribution >= 4 is 28.5 Å². The SMILES string of the molecule is O=C(Cn1cnc2ccccc2c1=O)OCC(=O)N1CCC(c2ccccc2)=N1. The molecule has 0 N–H and O–H groups in total. The molecule has 29 heavy (non-hydrogen) atoms. The molecule has 0 saturated carbocycles. The van der Waals surface area contributed by atoms with Crippen molar-refractivity contribution in [2.45, 2.75) is 13.0 Å². The molecule has 0 fully saturated rings. The van der Waals surface area contributed by atoms with Gasteiger partial charge in [0.05, 0.1) is 29.5 Å². The molecule has 0 saturated heterocycles. The molecule has 0 bridgehead atoms. The Morgan fingerprint density at radius 1 is 1.03 bits per heavy atom. The van der Waals surface area contributed by atoms with Crippen molar-refractivity contribution in [3.05, 3.63) is 76.8 Å². The second kappa shape index (κ2) is 8.05. The van der Waals surface area contributed by atoms with Crippen LogP contribution in [0.25, 0.3) is 10.9 Å². The maximum atomic E-state index is 12.4. The highest BCUT2D eigenvalue weighted by Crippen LogP contribution is 2.13. The third-order valence-corrected chi connectivity index (χ3v) is 4.58. The number of esters is 1.